The fourth-order valence-corrected chi connectivity index (χ4v) is 1.64. The highest BCUT2D eigenvalue weighted by molar-refractivity contribution is 5.69. The molecule has 4 heteroatoms. The normalized spacial score (nSPS) is 10.9. The third kappa shape index (κ3) is 4.06. The van der Waals surface area contributed by atoms with Gasteiger partial charge in [-0.2, -0.15) is 0 Å². The first-order valence-corrected chi connectivity index (χ1v) is 5.67. The Kier molecular flexibility index (Phi) is 5.05. The van der Waals surface area contributed by atoms with E-state index in [2.05, 4.69) is 0 Å². The summed E-state index contributed by atoms with van der Waals surface area (Å²) in [6, 6.07) is 3.86. The van der Waals surface area contributed by atoms with Crippen molar-refractivity contribution in [2.24, 2.45) is 0 Å². The smallest absolute Gasteiger partial charge is 0.317 e. The standard InChI is InChI=1S/C12H19NO3/c1-3-7-13(9-12(14)15)8-11-6-5-10(4-2)16-11/h5-6H,3-4,7-9H2,1-2H3,(H,14,15). The van der Waals surface area contributed by atoms with Crippen LogP contribution in [0.3, 0.4) is 0 Å². The minimum atomic E-state index is -0.796. The van der Waals surface area contributed by atoms with E-state index in [0.29, 0.717) is 6.54 Å². The van der Waals surface area contributed by atoms with Crippen molar-refractivity contribution in [2.45, 2.75) is 33.2 Å². The molecule has 0 spiro atoms. The first-order valence-electron chi connectivity index (χ1n) is 5.67. The topological polar surface area (TPSA) is 53.7 Å². The molecule has 0 atom stereocenters. The molecule has 1 heterocycles. The summed E-state index contributed by atoms with van der Waals surface area (Å²) in [6.45, 7) is 5.47. The van der Waals surface area contributed by atoms with E-state index in [1.165, 1.54) is 0 Å². The second-order valence-corrected chi connectivity index (χ2v) is 3.83. The lowest BCUT2D eigenvalue weighted by Gasteiger charge is -2.17. The van der Waals surface area contributed by atoms with Crippen molar-refractivity contribution in [1.29, 1.82) is 0 Å². The molecular weight excluding hydrogens is 206 g/mol. The van der Waals surface area contributed by atoms with Crippen LogP contribution >= 0.6 is 0 Å². The average Bonchev–Trinajstić information content (AvgIpc) is 2.65. The summed E-state index contributed by atoms with van der Waals surface area (Å²) < 4.78 is 5.56. The van der Waals surface area contributed by atoms with Gasteiger partial charge in [0.15, 0.2) is 0 Å². The number of aryl methyl sites for hydroxylation is 1. The van der Waals surface area contributed by atoms with Crippen LogP contribution in [0, 0.1) is 0 Å². The van der Waals surface area contributed by atoms with Gasteiger partial charge in [-0.1, -0.05) is 13.8 Å². The molecule has 0 saturated heterocycles. The van der Waals surface area contributed by atoms with Crippen molar-refractivity contribution < 1.29 is 14.3 Å². The van der Waals surface area contributed by atoms with Gasteiger partial charge in [-0.05, 0) is 25.1 Å². The molecule has 0 aliphatic rings. The van der Waals surface area contributed by atoms with E-state index in [9.17, 15) is 4.79 Å². The van der Waals surface area contributed by atoms with E-state index >= 15 is 0 Å². The summed E-state index contributed by atoms with van der Waals surface area (Å²) in [4.78, 5) is 12.5. The Morgan fingerprint density at radius 2 is 2.06 bits per heavy atom. The monoisotopic (exact) mass is 225 g/mol. The fourth-order valence-electron chi connectivity index (χ4n) is 1.64. The molecule has 0 aliphatic heterocycles. The number of rotatable bonds is 7. The number of carboxylic acids is 1. The van der Waals surface area contributed by atoms with E-state index < -0.39 is 5.97 Å². The summed E-state index contributed by atoms with van der Waals surface area (Å²) in [5.41, 5.74) is 0. The number of nitrogens with zero attached hydrogens (tertiary/aromatic N) is 1. The van der Waals surface area contributed by atoms with Crippen molar-refractivity contribution in [3.63, 3.8) is 0 Å². The van der Waals surface area contributed by atoms with Gasteiger partial charge in [-0.3, -0.25) is 9.69 Å². The molecule has 0 fully saturated rings. The van der Waals surface area contributed by atoms with Crippen molar-refractivity contribution in [3.8, 4) is 0 Å². The molecule has 0 unspecified atom stereocenters. The molecule has 0 amide bonds. The molecule has 0 aliphatic carbocycles. The summed E-state index contributed by atoms with van der Waals surface area (Å²) in [6.07, 6.45) is 1.81. The predicted molar refractivity (Wildman–Crippen MR) is 61.3 cm³/mol. The number of carbonyl (C=O) groups is 1. The molecule has 0 aromatic carbocycles. The van der Waals surface area contributed by atoms with E-state index in [1.807, 2.05) is 30.9 Å². The van der Waals surface area contributed by atoms with E-state index in [0.717, 1.165) is 30.9 Å². The fraction of sp³-hybridized carbons (Fsp3) is 0.583. The lowest BCUT2D eigenvalue weighted by atomic mass is 10.3. The number of furan rings is 1. The minimum Gasteiger partial charge on any atom is -0.480 e. The maximum absolute atomic E-state index is 10.7. The van der Waals surface area contributed by atoms with Crippen LogP contribution in [-0.2, 0) is 17.8 Å². The quantitative estimate of drug-likeness (QED) is 0.772. The third-order valence-corrected chi connectivity index (χ3v) is 2.34. The maximum Gasteiger partial charge on any atom is 0.317 e. The van der Waals surface area contributed by atoms with E-state index in [-0.39, 0.29) is 6.54 Å². The van der Waals surface area contributed by atoms with E-state index in [1.54, 1.807) is 0 Å². The molecule has 1 N–H and O–H groups in total. The van der Waals surface area contributed by atoms with Crippen LogP contribution < -0.4 is 0 Å². The zero-order valence-corrected chi connectivity index (χ0v) is 9.90. The number of aliphatic carboxylic acids is 1. The summed E-state index contributed by atoms with van der Waals surface area (Å²) in [7, 11) is 0. The molecular formula is C12H19NO3. The summed E-state index contributed by atoms with van der Waals surface area (Å²) >= 11 is 0. The molecule has 0 saturated carbocycles. The highest BCUT2D eigenvalue weighted by Crippen LogP contribution is 2.11. The molecule has 1 aromatic rings. The van der Waals surface area contributed by atoms with Gasteiger partial charge >= 0.3 is 5.97 Å². The zero-order chi connectivity index (χ0) is 12.0. The Morgan fingerprint density at radius 3 is 2.56 bits per heavy atom. The van der Waals surface area contributed by atoms with Gasteiger partial charge in [0.1, 0.15) is 11.5 Å². The summed E-state index contributed by atoms with van der Waals surface area (Å²) in [5, 5.41) is 8.77. The van der Waals surface area contributed by atoms with Crippen LogP contribution in [0.2, 0.25) is 0 Å². The Labute approximate surface area is 95.9 Å². The van der Waals surface area contributed by atoms with Crippen molar-refractivity contribution >= 4 is 5.97 Å². The Morgan fingerprint density at radius 1 is 1.38 bits per heavy atom. The first-order chi connectivity index (χ1) is 7.65. The van der Waals surface area contributed by atoms with Crippen molar-refractivity contribution in [1.82, 2.24) is 4.90 Å². The number of carboxylic acid groups (broad SMARTS) is 1. The van der Waals surface area contributed by atoms with Crippen LogP contribution in [-0.4, -0.2) is 29.1 Å². The van der Waals surface area contributed by atoms with Crippen LogP contribution in [0.15, 0.2) is 16.5 Å². The molecule has 90 valence electrons. The summed E-state index contributed by atoms with van der Waals surface area (Å²) in [5.74, 6) is 0.990. The van der Waals surface area contributed by atoms with Gasteiger partial charge in [-0.15, -0.1) is 0 Å². The third-order valence-electron chi connectivity index (χ3n) is 2.34. The van der Waals surface area contributed by atoms with Gasteiger partial charge < -0.3 is 9.52 Å². The maximum atomic E-state index is 10.7. The van der Waals surface area contributed by atoms with Crippen molar-refractivity contribution in [3.05, 3.63) is 23.7 Å². The number of hydrogen-bond donors (Lipinski definition) is 1. The van der Waals surface area contributed by atoms with Gasteiger partial charge in [0.05, 0.1) is 13.1 Å². The second kappa shape index (κ2) is 6.33. The largest absolute Gasteiger partial charge is 0.480 e. The van der Waals surface area contributed by atoms with Crippen molar-refractivity contribution in [2.75, 3.05) is 13.1 Å². The molecule has 1 rings (SSSR count). The molecule has 16 heavy (non-hydrogen) atoms. The Balaban J connectivity index is 2.56. The Hall–Kier alpha value is -1.29. The molecule has 0 bridgehead atoms. The molecule has 1 aromatic heterocycles. The minimum absolute atomic E-state index is 0.0655. The highest BCUT2D eigenvalue weighted by atomic mass is 16.4. The molecule has 0 radical (unpaired) electrons. The van der Waals surface area contributed by atoms with Gasteiger partial charge in [-0.25, -0.2) is 0 Å². The SMILES string of the molecule is CCCN(CC(=O)O)Cc1ccc(CC)o1. The lowest BCUT2D eigenvalue weighted by molar-refractivity contribution is -0.138. The first kappa shape index (κ1) is 12.8. The predicted octanol–water partition coefficient (Wildman–Crippen LogP) is 2.14. The van der Waals surface area contributed by atoms with E-state index in [4.69, 9.17) is 9.52 Å². The van der Waals surface area contributed by atoms with Gasteiger partial charge in [0.2, 0.25) is 0 Å². The van der Waals surface area contributed by atoms with Crippen LogP contribution in [0.1, 0.15) is 31.8 Å². The highest BCUT2D eigenvalue weighted by Gasteiger charge is 2.11. The average molecular weight is 225 g/mol. The van der Waals surface area contributed by atoms with Crippen LogP contribution in [0.4, 0.5) is 0 Å². The van der Waals surface area contributed by atoms with Crippen LogP contribution in [0.25, 0.3) is 0 Å². The number of hydrogen-bond acceptors (Lipinski definition) is 3. The molecule has 4 nitrogen and oxygen atoms in total. The van der Waals surface area contributed by atoms with Gasteiger partial charge in [0, 0.05) is 6.42 Å². The second-order valence-electron chi connectivity index (χ2n) is 3.83. The Bertz CT molecular complexity index is 333. The van der Waals surface area contributed by atoms with Gasteiger partial charge in [0.25, 0.3) is 0 Å². The zero-order valence-electron chi connectivity index (χ0n) is 9.90. The van der Waals surface area contributed by atoms with Crippen LogP contribution in [0.5, 0.6) is 0 Å². The lowest BCUT2D eigenvalue weighted by Crippen LogP contribution is -2.29.